The maximum absolute atomic E-state index is 12.7. The van der Waals surface area contributed by atoms with Crippen LogP contribution in [0.15, 0.2) is 29.4 Å². The summed E-state index contributed by atoms with van der Waals surface area (Å²) in [5, 5.41) is 8.56. The molecule has 0 unspecified atom stereocenters. The van der Waals surface area contributed by atoms with Gasteiger partial charge >= 0.3 is 6.03 Å². The lowest BCUT2D eigenvalue weighted by atomic mass is 10.1. The fraction of sp³-hybridized carbons (Fsp3) is 0.154. The van der Waals surface area contributed by atoms with Crippen molar-refractivity contribution in [2.24, 2.45) is 5.10 Å². The zero-order valence-electron chi connectivity index (χ0n) is 11.2. The molecular formula is C13H11FN4O4. The Morgan fingerprint density at radius 1 is 1.32 bits per heavy atom. The number of benzene rings is 1. The van der Waals surface area contributed by atoms with Gasteiger partial charge in [0.2, 0.25) is 5.91 Å². The summed E-state index contributed by atoms with van der Waals surface area (Å²) < 4.78 is 12.7. The summed E-state index contributed by atoms with van der Waals surface area (Å²) in [5.74, 6) is -2.10. The molecule has 2 N–H and O–H groups in total. The van der Waals surface area contributed by atoms with Crippen molar-refractivity contribution in [1.82, 2.24) is 15.6 Å². The first kappa shape index (κ1) is 15.3. The lowest BCUT2D eigenvalue weighted by Gasteiger charge is -2.05. The molecule has 0 saturated carbocycles. The molecule has 22 heavy (non-hydrogen) atoms. The van der Waals surface area contributed by atoms with Gasteiger partial charge in [0.15, 0.2) is 5.78 Å². The normalized spacial score (nSPS) is 14.3. The first-order valence-corrected chi connectivity index (χ1v) is 6.17. The molecule has 0 aliphatic carbocycles. The van der Waals surface area contributed by atoms with Crippen LogP contribution >= 0.6 is 0 Å². The Kier molecular flexibility index (Phi) is 4.57. The van der Waals surface area contributed by atoms with E-state index in [1.807, 2.05) is 5.32 Å². The number of carbonyl (C=O) groups is 4. The van der Waals surface area contributed by atoms with Crippen molar-refractivity contribution in [3.63, 3.8) is 0 Å². The molecule has 0 radical (unpaired) electrons. The highest BCUT2D eigenvalue weighted by Crippen LogP contribution is 2.03. The number of imide groups is 1. The minimum Gasteiger partial charge on any atom is -0.344 e. The molecule has 9 heteroatoms. The Bertz CT molecular complexity index is 657. The minimum atomic E-state index is -0.726. The van der Waals surface area contributed by atoms with E-state index in [9.17, 15) is 23.6 Å². The van der Waals surface area contributed by atoms with Crippen molar-refractivity contribution in [2.75, 3.05) is 13.1 Å². The molecule has 4 amide bonds. The Labute approximate surface area is 124 Å². The van der Waals surface area contributed by atoms with Gasteiger partial charge in [0, 0.05) is 5.56 Å². The number of halogens is 1. The summed E-state index contributed by atoms with van der Waals surface area (Å²) in [6.07, 6.45) is 0.788. The van der Waals surface area contributed by atoms with E-state index in [2.05, 4.69) is 10.4 Å². The number of hydrazone groups is 1. The predicted octanol–water partition coefficient (Wildman–Crippen LogP) is -0.338. The Morgan fingerprint density at radius 3 is 2.59 bits per heavy atom. The summed E-state index contributed by atoms with van der Waals surface area (Å²) in [7, 11) is 0. The number of rotatable bonds is 5. The highest BCUT2D eigenvalue weighted by molar-refractivity contribution is 6.27. The summed E-state index contributed by atoms with van der Waals surface area (Å²) in [4.78, 5) is 45.2. The maximum atomic E-state index is 12.7. The first-order chi connectivity index (χ1) is 10.5. The van der Waals surface area contributed by atoms with Gasteiger partial charge in [0.1, 0.15) is 18.6 Å². The average Bonchev–Trinajstić information content (AvgIpc) is 2.81. The zero-order chi connectivity index (χ0) is 16.1. The minimum absolute atomic E-state index is 0.253. The Balaban J connectivity index is 1.82. The summed E-state index contributed by atoms with van der Waals surface area (Å²) in [6.45, 7) is -0.571. The second kappa shape index (κ2) is 6.57. The second-order valence-electron chi connectivity index (χ2n) is 4.30. The van der Waals surface area contributed by atoms with Crippen LogP contribution in [0.4, 0.5) is 9.18 Å². The van der Waals surface area contributed by atoms with Crippen molar-refractivity contribution in [3.05, 3.63) is 35.6 Å². The summed E-state index contributed by atoms with van der Waals surface area (Å²) >= 11 is 0. The van der Waals surface area contributed by atoms with Crippen molar-refractivity contribution >= 4 is 29.8 Å². The molecule has 1 aromatic carbocycles. The van der Waals surface area contributed by atoms with E-state index in [0.717, 1.165) is 23.4 Å². The van der Waals surface area contributed by atoms with E-state index < -0.39 is 29.4 Å². The number of hydrogen-bond acceptors (Lipinski definition) is 5. The molecule has 0 bridgehead atoms. The van der Waals surface area contributed by atoms with Crippen molar-refractivity contribution in [1.29, 1.82) is 0 Å². The van der Waals surface area contributed by atoms with Gasteiger partial charge in [-0.05, 0) is 24.3 Å². The van der Waals surface area contributed by atoms with Crippen molar-refractivity contribution in [3.8, 4) is 0 Å². The van der Waals surface area contributed by atoms with Crippen LogP contribution in [0.5, 0.6) is 0 Å². The van der Waals surface area contributed by atoms with Crippen LogP contribution in [0.25, 0.3) is 0 Å². The van der Waals surface area contributed by atoms with Crippen molar-refractivity contribution in [2.45, 2.75) is 0 Å². The number of nitrogens with zero attached hydrogens (tertiary/aromatic N) is 2. The number of nitrogens with one attached hydrogen (secondary N) is 2. The number of carbonyl (C=O) groups excluding carboxylic acids is 4. The van der Waals surface area contributed by atoms with E-state index in [4.69, 9.17) is 0 Å². The van der Waals surface area contributed by atoms with Crippen LogP contribution < -0.4 is 10.6 Å². The second-order valence-corrected chi connectivity index (χ2v) is 4.30. The molecule has 0 atom stereocenters. The van der Waals surface area contributed by atoms with Gasteiger partial charge in [-0.3, -0.25) is 19.7 Å². The molecule has 114 valence electrons. The topological polar surface area (TPSA) is 108 Å². The van der Waals surface area contributed by atoms with E-state index in [-0.39, 0.29) is 18.7 Å². The average molecular weight is 306 g/mol. The molecule has 0 spiro atoms. The zero-order valence-corrected chi connectivity index (χ0v) is 11.2. The van der Waals surface area contributed by atoms with E-state index >= 15 is 0 Å². The van der Waals surface area contributed by atoms with Gasteiger partial charge in [-0.15, -0.1) is 0 Å². The number of ketones is 1. The lowest BCUT2D eigenvalue weighted by Crippen LogP contribution is -2.31. The van der Waals surface area contributed by atoms with E-state index in [0.29, 0.717) is 0 Å². The fourth-order valence-electron chi connectivity index (χ4n) is 1.60. The molecule has 8 nitrogen and oxygen atoms in total. The van der Waals surface area contributed by atoms with Crippen molar-refractivity contribution < 1.29 is 23.6 Å². The van der Waals surface area contributed by atoms with Crippen LogP contribution in [0.3, 0.4) is 0 Å². The van der Waals surface area contributed by atoms with E-state index in [1.54, 1.807) is 0 Å². The lowest BCUT2D eigenvalue weighted by molar-refractivity contribution is -0.118. The number of Topliss-reactive ketones (excluding diaryl/α,β-unsaturated/α-hetero) is 1. The SMILES string of the molecule is O=C(/C=N/N1CC(=O)NC1=O)NCC(=O)c1ccc(F)cc1. The molecule has 1 fully saturated rings. The summed E-state index contributed by atoms with van der Waals surface area (Å²) in [5.41, 5.74) is 0.253. The molecule has 0 aromatic heterocycles. The third kappa shape index (κ3) is 3.95. The van der Waals surface area contributed by atoms with Crippen LogP contribution in [0, 0.1) is 5.82 Å². The maximum Gasteiger partial charge on any atom is 0.344 e. The third-order valence-electron chi connectivity index (χ3n) is 2.68. The molecular weight excluding hydrogens is 295 g/mol. The molecule has 1 aromatic rings. The fourth-order valence-corrected chi connectivity index (χ4v) is 1.60. The number of hydrogen-bond donors (Lipinski definition) is 2. The van der Waals surface area contributed by atoms with Gasteiger partial charge in [-0.25, -0.2) is 14.2 Å². The van der Waals surface area contributed by atoms with Gasteiger partial charge in [0.25, 0.3) is 5.91 Å². The molecule has 1 aliphatic rings. The molecule has 1 aliphatic heterocycles. The molecule has 1 saturated heterocycles. The smallest absolute Gasteiger partial charge is 0.344 e. The third-order valence-corrected chi connectivity index (χ3v) is 2.68. The van der Waals surface area contributed by atoms with Gasteiger partial charge in [-0.2, -0.15) is 5.10 Å². The van der Waals surface area contributed by atoms with Gasteiger partial charge in [-0.1, -0.05) is 0 Å². The van der Waals surface area contributed by atoms with E-state index in [1.165, 1.54) is 12.1 Å². The van der Waals surface area contributed by atoms with Gasteiger partial charge in [0.05, 0.1) is 6.54 Å². The highest BCUT2D eigenvalue weighted by atomic mass is 19.1. The predicted molar refractivity (Wildman–Crippen MR) is 72.5 cm³/mol. The van der Waals surface area contributed by atoms with Gasteiger partial charge < -0.3 is 5.32 Å². The number of urea groups is 1. The largest absolute Gasteiger partial charge is 0.344 e. The quantitative estimate of drug-likeness (QED) is 0.441. The Morgan fingerprint density at radius 2 is 2.00 bits per heavy atom. The number of amides is 4. The summed E-state index contributed by atoms with van der Waals surface area (Å²) in [6, 6.07) is 4.16. The van der Waals surface area contributed by atoms with Crippen LogP contribution in [-0.2, 0) is 9.59 Å². The molecule has 1 heterocycles. The Hall–Kier alpha value is -3.10. The monoisotopic (exact) mass is 306 g/mol. The standard InChI is InChI=1S/C13H11FN4O4/c14-9-3-1-8(2-4-9)10(19)5-15-11(20)6-16-18-7-12(21)17-13(18)22/h1-4,6H,5,7H2,(H,15,20)(H,17,21,22)/b16-6+. The van der Waals surface area contributed by atoms with Crippen LogP contribution in [-0.4, -0.2) is 47.9 Å². The van der Waals surface area contributed by atoms with Crippen LogP contribution in [0.2, 0.25) is 0 Å². The highest BCUT2D eigenvalue weighted by Gasteiger charge is 2.26. The molecule has 2 rings (SSSR count). The first-order valence-electron chi connectivity index (χ1n) is 6.17. The van der Waals surface area contributed by atoms with Crippen LogP contribution in [0.1, 0.15) is 10.4 Å².